The highest BCUT2D eigenvalue weighted by Crippen LogP contribution is 2.31. The second kappa shape index (κ2) is 5.73. The predicted octanol–water partition coefficient (Wildman–Crippen LogP) is 3.58. The molecule has 0 spiro atoms. The van der Waals surface area contributed by atoms with E-state index in [0.29, 0.717) is 17.2 Å². The molecule has 3 aromatic rings. The number of imidazole rings is 1. The number of nitrogens with zero attached hydrogens (tertiary/aromatic N) is 2. The van der Waals surface area contributed by atoms with Gasteiger partial charge >= 0.3 is 0 Å². The molecule has 26 heavy (non-hydrogen) atoms. The Morgan fingerprint density at radius 1 is 1.08 bits per heavy atom. The van der Waals surface area contributed by atoms with E-state index in [0.717, 1.165) is 16.7 Å². The Labute approximate surface area is 152 Å². The van der Waals surface area contributed by atoms with E-state index in [1.54, 1.807) is 0 Å². The maximum Gasteiger partial charge on any atom is 0.189 e. The summed E-state index contributed by atoms with van der Waals surface area (Å²) in [6.45, 7) is 6.76. The average molecular weight is 346 g/mol. The number of benzene rings is 2. The average Bonchev–Trinajstić information content (AvgIpc) is 3.14. The van der Waals surface area contributed by atoms with Gasteiger partial charge in [0, 0.05) is 5.69 Å². The minimum Gasteiger partial charge on any atom is -0.384 e. The van der Waals surface area contributed by atoms with Crippen molar-refractivity contribution < 1.29 is 4.79 Å². The first kappa shape index (κ1) is 16.4. The quantitative estimate of drug-likeness (QED) is 0.744. The number of rotatable bonds is 2. The number of H-pyrrole nitrogens is 1. The van der Waals surface area contributed by atoms with E-state index in [1.807, 2.05) is 41.3 Å². The Balaban J connectivity index is 1.72. The summed E-state index contributed by atoms with van der Waals surface area (Å²) in [5.41, 5.74) is 10.8. The number of carbonyl (C=O) groups excluding carboxylic acids is 1. The first-order valence-electron chi connectivity index (χ1n) is 8.71. The van der Waals surface area contributed by atoms with Crippen molar-refractivity contribution in [1.82, 2.24) is 9.97 Å². The molecular formula is C21H22N4O. The van der Waals surface area contributed by atoms with Crippen LogP contribution in [0.2, 0.25) is 0 Å². The van der Waals surface area contributed by atoms with E-state index in [9.17, 15) is 4.79 Å². The molecule has 1 aromatic heterocycles. The molecule has 0 unspecified atom stereocenters. The molecule has 0 atom stereocenters. The molecule has 0 radical (unpaired) electrons. The summed E-state index contributed by atoms with van der Waals surface area (Å²) in [6, 6.07) is 15.9. The summed E-state index contributed by atoms with van der Waals surface area (Å²) in [4.78, 5) is 22.2. The molecule has 5 heteroatoms. The van der Waals surface area contributed by atoms with Gasteiger partial charge in [0.2, 0.25) is 0 Å². The number of hydrogen-bond donors (Lipinski definition) is 2. The summed E-state index contributed by atoms with van der Waals surface area (Å²) in [6.07, 6.45) is 0. The molecule has 2 heterocycles. The van der Waals surface area contributed by atoms with Gasteiger partial charge in [0.05, 0.1) is 17.6 Å². The second-order valence-electron chi connectivity index (χ2n) is 7.67. The van der Waals surface area contributed by atoms with Gasteiger partial charge in [-0.05, 0) is 35.2 Å². The van der Waals surface area contributed by atoms with Gasteiger partial charge in [-0.2, -0.15) is 0 Å². The van der Waals surface area contributed by atoms with Gasteiger partial charge in [-0.15, -0.1) is 0 Å². The molecule has 132 valence electrons. The minimum absolute atomic E-state index is 0.0264. The summed E-state index contributed by atoms with van der Waals surface area (Å²) in [7, 11) is 0. The molecule has 0 amide bonds. The van der Waals surface area contributed by atoms with Gasteiger partial charge < -0.3 is 15.6 Å². The largest absolute Gasteiger partial charge is 0.384 e. The van der Waals surface area contributed by atoms with Crippen LogP contribution < -0.4 is 10.6 Å². The van der Waals surface area contributed by atoms with Crippen LogP contribution in [0.1, 0.15) is 32.2 Å². The summed E-state index contributed by atoms with van der Waals surface area (Å²) in [5, 5.41) is 0. The number of nitrogens with two attached hydrogens (primary N) is 1. The zero-order valence-electron chi connectivity index (χ0n) is 15.2. The van der Waals surface area contributed by atoms with Gasteiger partial charge in [-0.1, -0.05) is 45.0 Å². The zero-order chi connectivity index (χ0) is 18.5. The maximum absolute atomic E-state index is 12.6. The fourth-order valence-electron chi connectivity index (χ4n) is 3.28. The number of hydrogen-bond acceptors (Lipinski definition) is 4. The fourth-order valence-corrected chi connectivity index (χ4v) is 3.28. The molecular weight excluding hydrogens is 324 g/mol. The Hall–Kier alpha value is -3.08. The summed E-state index contributed by atoms with van der Waals surface area (Å²) < 4.78 is 0. The lowest BCUT2D eigenvalue weighted by atomic mass is 9.87. The number of nitrogens with one attached hydrogen (secondary N) is 1. The third kappa shape index (κ3) is 2.65. The number of ketones is 1. The van der Waals surface area contributed by atoms with Crippen LogP contribution in [0.15, 0.2) is 54.4 Å². The van der Waals surface area contributed by atoms with Crippen LogP contribution in [-0.4, -0.2) is 22.3 Å². The van der Waals surface area contributed by atoms with Crippen molar-refractivity contribution in [3.05, 3.63) is 65.7 Å². The van der Waals surface area contributed by atoms with Crippen LogP contribution in [0.5, 0.6) is 0 Å². The van der Waals surface area contributed by atoms with Gasteiger partial charge in [-0.25, -0.2) is 4.98 Å². The van der Waals surface area contributed by atoms with E-state index < -0.39 is 0 Å². The SMILES string of the molecule is CC(C)(C)c1ccc(N2CC(=O)C(c3nc4ccccc4[nH]3)=C2N)cc1. The second-order valence-corrected chi connectivity index (χ2v) is 7.67. The van der Waals surface area contributed by atoms with E-state index in [2.05, 4.69) is 42.9 Å². The predicted molar refractivity (Wildman–Crippen MR) is 105 cm³/mol. The zero-order valence-corrected chi connectivity index (χ0v) is 15.2. The highest BCUT2D eigenvalue weighted by molar-refractivity contribution is 6.26. The topological polar surface area (TPSA) is 75.0 Å². The molecule has 0 saturated carbocycles. The lowest BCUT2D eigenvalue weighted by molar-refractivity contribution is -0.112. The van der Waals surface area contributed by atoms with Crippen LogP contribution >= 0.6 is 0 Å². The van der Waals surface area contributed by atoms with Crippen molar-refractivity contribution >= 4 is 28.1 Å². The van der Waals surface area contributed by atoms with E-state index in [4.69, 9.17) is 5.73 Å². The van der Waals surface area contributed by atoms with E-state index in [-0.39, 0.29) is 17.7 Å². The van der Waals surface area contributed by atoms with Gasteiger partial charge in [0.1, 0.15) is 17.2 Å². The molecule has 3 N–H and O–H groups in total. The Kier molecular flexibility index (Phi) is 3.61. The number of Topliss-reactive ketones (excluding diaryl/α,β-unsaturated/α-hetero) is 1. The molecule has 2 aromatic carbocycles. The third-order valence-corrected chi connectivity index (χ3v) is 4.80. The van der Waals surface area contributed by atoms with Crippen LogP contribution in [0, 0.1) is 0 Å². The molecule has 0 saturated heterocycles. The van der Waals surface area contributed by atoms with Crippen LogP contribution in [0.4, 0.5) is 5.69 Å². The Morgan fingerprint density at radius 2 is 1.77 bits per heavy atom. The standard InChI is InChI=1S/C21H22N4O/c1-21(2,3)13-8-10-14(11-9-13)25-12-17(26)18(19(25)22)20-23-15-6-4-5-7-16(15)24-20/h4-11H,12,22H2,1-3H3,(H,23,24). The van der Waals surface area contributed by atoms with Crippen molar-refractivity contribution in [2.45, 2.75) is 26.2 Å². The van der Waals surface area contributed by atoms with Gasteiger partial charge in [0.25, 0.3) is 0 Å². The lowest BCUT2D eigenvalue weighted by Crippen LogP contribution is -2.25. The molecule has 1 aliphatic heterocycles. The Morgan fingerprint density at radius 3 is 2.42 bits per heavy atom. The third-order valence-electron chi connectivity index (χ3n) is 4.80. The number of aromatic amines is 1. The Bertz CT molecular complexity index is 989. The van der Waals surface area contributed by atoms with Crippen LogP contribution in [0.3, 0.4) is 0 Å². The molecule has 0 fully saturated rings. The van der Waals surface area contributed by atoms with Crippen molar-refractivity contribution in [3.63, 3.8) is 0 Å². The van der Waals surface area contributed by atoms with Crippen molar-refractivity contribution in [3.8, 4) is 0 Å². The molecule has 0 bridgehead atoms. The maximum atomic E-state index is 12.6. The highest BCUT2D eigenvalue weighted by Gasteiger charge is 2.32. The fraction of sp³-hybridized carbons (Fsp3) is 0.238. The van der Waals surface area contributed by atoms with Crippen molar-refractivity contribution in [1.29, 1.82) is 0 Å². The lowest BCUT2D eigenvalue weighted by Gasteiger charge is -2.22. The van der Waals surface area contributed by atoms with Crippen LogP contribution in [0.25, 0.3) is 16.6 Å². The minimum atomic E-state index is -0.0264. The number of anilines is 1. The number of para-hydroxylation sites is 2. The smallest absolute Gasteiger partial charge is 0.189 e. The first-order chi connectivity index (χ1) is 12.3. The normalized spacial score (nSPS) is 15.3. The molecule has 0 aliphatic carbocycles. The highest BCUT2D eigenvalue weighted by atomic mass is 16.1. The number of carbonyl (C=O) groups is 1. The van der Waals surface area contributed by atoms with Crippen molar-refractivity contribution in [2.24, 2.45) is 5.73 Å². The van der Waals surface area contributed by atoms with Crippen LogP contribution in [-0.2, 0) is 10.2 Å². The van der Waals surface area contributed by atoms with E-state index >= 15 is 0 Å². The summed E-state index contributed by atoms with van der Waals surface area (Å²) in [5.74, 6) is 0.946. The van der Waals surface area contributed by atoms with E-state index in [1.165, 1.54) is 5.56 Å². The number of fused-ring (bicyclic) bond motifs is 1. The summed E-state index contributed by atoms with van der Waals surface area (Å²) >= 11 is 0. The monoisotopic (exact) mass is 346 g/mol. The molecule has 4 rings (SSSR count). The van der Waals surface area contributed by atoms with Crippen molar-refractivity contribution in [2.75, 3.05) is 11.4 Å². The molecule has 5 nitrogen and oxygen atoms in total. The first-order valence-corrected chi connectivity index (χ1v) is 8.71. The number of aromatic nitrogens is 2. The van der Waals surface area contributed by atoms with Gasteiger partial charge in [0.15, 0.2) is 5.78 Å². The molecule has 1 aliphatic rings. The van der Waals surface area contributed by atoms with Gasteiger partial charge in [-0.3, -0.25) is 4.79 Å².